The third-order valence-corrected chi connectivity index (χ3v) is 5.45. The van der Waals surface area contributed by atoms with Crippen molar-refractivity contribution in [3.63, 3.8) is 0 Å². The van der Waals surface area contributed by atoms with Crippen LogP contribution in [0.4, 0.5) is 0 Å². The number of hydrogen-bond donors (Lipinski definition) is 1. The molecular formula is C15H30N2OS. The molecule has 1 heterocycles. The number of carbonyl (C=O) groups excluding carboxylic acids is 1. The maximum Gasteiger partial charge on any atom is 0.232 e. The molecular weight excluding hydrogens is 256 g/mol. The molecule has 0 aromatic rings. The zero-order valence-corrected chi connectivity index (χ0v) is 13.6. The Balaban J connectivity index is 2.31. The van der Waals surface area contributed by atoms with Crippen LogP contribution in [0.2, 0.25) is 0 Å². The summed E-state index contributed by atoms with van der Waals surface area (Å²) in [6, 6.07) is 0. The highest BCUT2D eigenvalue weighted by Crippen LogP contribution is 2.21. The van der Waals surface area contributed by atoms with Crippen molar-refractivity contribution in [3.8, 4) is 0 Å². The van der Waals surface area contributed by atoms with Crippen LogP contribution in [0.5, 0.6) is 0 Å². The molecule has 1 rings (SSSR count). The smallest absolute Gasteiger partial charge is 0.232 e. The second kappa shape index (κ2) is 9.65. The molecule has 112 valence electrons. The lowest BCUT2D eigenvalue weighted by Gasteiger charge is -2.27. The average molecular weight is 286 g/mol. The Kier molecular flexibility index (Phi) is 8.55. The number of rotatable bonds is 8. The Labute approximate surface area is 122 Å². The summed E-state index contributed by atoms with van der Waals surface area (Å²) in [5, 5.41) is 4.05. The van der Waals surface area contributed by atoms with Gasteiger partial charge in [-0.3, -0.25) is 4.79 Å². The van der Waals surface area contributed by atoms with Crippen LogP contribution < -0.4 is 5.32 Å². The monoisotopic (exact) mass is 286 g/mol. The van der Waals surface area contributed by atoms with Gasteiger partial charge in [-0.15, -0.1) is 11.8 Å². The van der Waals surface area contributed by atoms with E-state index in [1.165, 1.54) is 25.7 Å². The minimum absolute atomic E-state index is 0.331. The first-order valence-electron chi connectivity index (χ1n) is 7.81. The SMILES string of the molecule is CCC(CC)CN(CC)C(=O)CSC1CCNCC1. The molecule has 0 aliphatic carbocycles. The highest BCUT2D eigenvalue weighted by atomic mass is 32.2. The number of hydrogen-bond acceptors (Lipinski definition) is 3. The molecule has 4 heteroatoms. The third kappa shape index (κ3) is 6.17. The fourth-order valence-electron chi connectivity index (χ4n) is 2.51. The fourth-order valence-corrected chi connectivity index (χ4v) is 3.64. The topological polar surface area (TPSA) is 32.3 Å². The molecule has 1 N–H and O–H groups in total. The summed E-state index contributed by atoms with van der Waals surface area (Å²) in [7, 11) is 0. The predicted molar refractivity (Wildman–Crippen MR) is 84.7 cm³/mol. The van der Waals surface area contributed by atoms with Crippen LogP contribution >= 0.6 is 11.8 Å². The van der Waals surface area contributed by atoms with Gasteiger partial charge in [-0.1, -0.05) is 26.7 Å². The zero-order chi connectivity index (χ0) is 14.1. The van der Waals surface area contributed by atoms with Crippen LogP contribution in [-0.4, -0.2) is 48.0 Å². The van der Waals surface area contributed by atoms with Gasteiger partial charge in [0.15, 0.2) is 0 Å². The van der Waals surface area contributed by atoms with Crippen molar-refractivity contribution in [2.45, 2.75) is 51.7 Å². The van der Waals surface area contributed by atoms with Crippen LogP contribution in [0, 0.1) is 5.92 Å². The summed E-state index contributed by atoms with van der Waals surface area (Å²) in [5.74, 6) is 1.66. The quantitative estimate of drug-likeness (QED) is 0.744. The summed E-state index contributed by atoms with van der Waals surface area (Å²) in [6.07, 6.45) is 4.75. The lowest BCUT2D eigenvalue weighted by atomic mass is 10.0. The van der Waals surface area contributed by atoms with Gasteiger partial charge in [0.2, 0.25) is 5.91 Å². The van der Waals surface area contributed by atoms with Gasteiger partial charge in [0.05, 0.1) is 5.75 Å². The van der Waals surface area contributed by atoms with E-state index in [0.29, 0.717) is 22.8 Å². The lowest BCUT2D eigenvalue weighted by molar-refractivity contribution is -0.128. The van der Waals surface area contributed by atoms with Crippen LogP contribution in [0.25, 0.3) is 0 Å². The van der Waals surface area contributed by atoms with Crippen LogP contribution in [0.15, 0.2) is 0 Å². The van der Waals surface area contributed by atoms with E-state index in [2.05, 4.69) is 26.1 Å². The summed E-state index contributed by atoms with van der Waals surface area (Å²) < 4.78 is 0. The highest BCUT2D eigenvalue weighted by molar-refractivity contribution is 8.00. The first kappa shape index (κ1) is 16.8. The Bertz CT molecular complexity index is 251. The first-order chi connectivity index (χ1) is 9.21. The second-order valence-corrected chi connectivity index (χ2v) is 6.66. The van der Waals surface area contributed by atoms with Crippen molar-refractivity contribution in [2.75, 3.05) is 31.9 Å². The maximum absolute atomic E-state index is 12.3. The normalized spacial score (nSPS) is 16.8. The number of thioether (sulfide) groups is 1. The van der Waals surface area contributed by atoms with Crippen molar-refractivity contribution >= 4 is 17.7 Å². The molecule has 1 amide bonds. The van der Waals surface area contributed by atoms with Gasteiger partial charge in [-0.25, -0.2) is 0 Å². The van der Waals surface area contributed by atoms with Gasteiger partial charge < -0.3 is 10.2 Å². The Hall–Kier alpha value is -0.220. The van der Waals surface area contributed by atoms with Crippen molar-refractivity contribution in [2.24, 2.45) is 5.92 Å². The van der Waals surface area contributed by atoms with E-state index in [1.54, 1.807) is 0 Å². The Morgan fingerprint density at radius 2 is 1.89 bits per heavy atom. The lowest BCUT2D eigenvalue weighted by Crippen LogP contribution is -2.37. The van der Waals surface area contributed by atoms with Crippen LogP contribution in [0.3, 0.4) is 0 Å². The minimum Gasteiger partial charge on any atom is -0.342 e. The Morgan fingerprint density at radius 1 is 1.26 bits per heavy atom. The summed E-state index contributed by atoms with van der Waals surface area (Å²) in [4.78, 5) is 14.3. The molecule has 1 saturated heterocycles. The molecule has 0 spiro atoms. The van der Waals surface area contributed by atoms with Crippen molar-refractivity contribution in [1.29, 1.82) is 0 Å². The molecule has 19 heavy (non-hydrogen) atoms. The van der Waals surface area contributed by atoms with Gasteiger partial charge in [0.25, 0.3) is 0 Å². The van der Waals surface area contributed by atoms with Crippen LogP contribution in [-0.2, 0) is 4.79 Å². The molecule has 0 atom stereocenters. The van der Waals surface area contributed by atoms with E-state index in [4.69, 9.17) is 0 Å². The maximum atomic E-state index is 12.3. The third-order valence-electron chi connectivity index (χ3n) is 4.10. The van der Waals surface area contributed by atoms with Gasteiger partial charge in [0.1, 0.15) is 0 Å². The Morgan fingerprint density at radius 3 is 2.42 bits per heavy atom. The second-order valence-electron chi connectivity index (χ2n) is 5.38. The molecule has 0 aromatic heterocycles. The molecule has 0 aromatic carbocycles. The average Bonchev–Trinajstić information content (AvgIpc) is 2.47. The molecule has 3 nitrogen and oxygen atoms in total. The minimum atomic E-state index is 0.331. The summed E-state index contributed by atoms with van der Waals surface area (Å²) >= 11 is 1.86. The first-order valence-corrected chi connectivity index (χ1v) is 8.86. The van der Waals surface area contributed by atoms with Gasteiger partial charge >= 0.3 is 0 Å². The number of nitrogens with zero attached hydrogens (tertiary/aromatic N) is 1. The van der Waals surface area contributed by atoms with Crippen LogP contribution in [0.1, 0.15) is 46.5 Å². The molecule has 0 bridgehead atoms. The van der Waals surface area contributed by atoms with Gasteiger partial charge in [-0.05, 0) is 38.8 Å². The molecule has 0 unspecified atom stereocenters. The van der Waals surface area contributed by atoms with Gasteiger partial charge in [-0.2, -0.15) is 0 Å². The number of piperidine rings is 1. The zero-order valence-electron chi connectivity index (χ0n) is 12.8. The summed E-state index contributed by atoms with van der Waals surface area (Å²) in [6.45, 7) is 10.5. The molecule has 1 fully saturated rings. The molecule has 0 radical (unpaired) electrons. The van der Waals surface area contributed by atoms with Crippen molar-refractivity contribution < 1.29 is 4.79 Å². The molecule has 1 aliphatic rings. The van der Waals surface area contributed by atoms with Crippen molar-refractivity contribution in [3.05, 3.63) is 0 Å². The largest absolute Gasteiger partial charge is 0.342 e. The van der Waals surface area contributed by atoms with Gasteiger partial charge in [0, 0.05) is 18.3 Å². The number of nitrogens with one attached hydrogen (secondary N) is 1. The van der Waals surface area contributed by atoms with E-state index in [0.717, 1.165) is 26.2 Å². The van der Waals surface area contributed by atoms with E-state index in [1.807, 2.05) is 16.7 Å². The summed E-state index contributed by atoms with van der Waals surface area (Å²) in [5.41, 5.74) is 0. The van der Waals surface area contributed by atoms with E-state index >= 15 is 0 Å². The predicted octanol–water partition coefficient (Wildman–Crippen LogP) is 2.76. The van der Waals surface area contributed by atoms with E-state index in [9.17, 15) is 4.79 Å². The van der Waals surface area contributed by atoms with E-state index in [-0.39, 0.29) is 0 Å². The number of carbonyl (C=O) groups is 1. The number of amides is 1. The fraction of sp³-hybridized carbons (Fsp3) is 0.933. The highest BCUT2D eigenvalue weighted by Gasteiger charge is 2.19. The molecule has 1 aliphatic heterocycles. The van der Waals surface area contributed by atoms with E-state index < -0.39 is 0 Å². The molecule has 0 saturated carbocycles. The standard InChI is InChI=1S/C15H30N2OS/c1-4-13(5-2)11-17(6-3)15(18)12-19-14-7-9-16-10-8-14/h13-14,16H,4-12H2,1-3H3. The van der Waals surface area contributed by atoms with Crippen molar-refractivity contribution in [1.82, 2.24) is 10.2 Å².